The van der Waals surface area contributed by atoms with Crippen molar-refractivity contribution in [1.29, 1.82) is 0 Å². The normalized spacial score (nSPS) is 53.8. The van der Waals surface area contributed by atoms with Gasteiger partial charge in [-0.2, -0.15) is 5.06 Å². The molecule has 1 aliphatic carbocycles. The number of rotatable bonds is 1. The molecule has 0 spiro atoms. The van der Waals surface area contributed by atoms with Gasteiger partial charge in [0.25, 0.3) is 0 Å². The lowest BCUT2D eigenvalue weighted by molar-refractivity contribution is -0.192. The van der Waals surface area contributed by atoms with Crippen LogP contribution in [0.5, 0.6) is 0 Å². The van der Waals surface area contributed by atoms with Crippen LogP contribution in [0.2, 0.25) is 0 Å². The van der Waals surface area contributed by atoms with Gasteiger partial charge in [0.1, 0.15) is 24.4 Å². The van der Waals surface area contributed by atoms with Gasteiger partial charge < -0.3 is 19.4 Å². The van der Waals surface area contributed by atoms with E-state index in [2.05, 4.69) is 5.16 Å². The molecule has 0 bridgehead atoms. The maximum Gasteiger partial charge on any atom is 0.138 e. The Hall–Kier alpha value is -0.730. The molecule has 0 aromatic heterocycles. The summed E-state index contributed by atoms with van der Waals surface area (Å²) in [5.41, 5.74) is 0.763. The number of hydrogen-bond acceptors (Lipinski definition) is 7. The zero-order valence-corrected chi connectivity index (χ0v) is 12.6. The van der Waals surface area contributed by atoms with Crippen LogP contribution in [0.15, 0.2) is 5.16 Å². The van der Waals surface area contributed by atoms with Crippen molar-refractivity contribution >= 4 is 5.71 Å². The lowest BCUT2D eigenvalue weighted by Crippen LogP contribution is -2.60. The molecular weight excluding hydrogens is 288 g/mol. The van der Waals surface area contributed by atoms with Gasteiger partial charge in [0.05, 0.1) is 37.0 Å². The van der Waals surface area contributed by atoms with Crippen molar-refractivity contribution < 1.29 is 24.3 Å². The Morgan fingerprint density at radius 3 is 2.95 bits per heavy atom. The average molecular weight is 310 g/mol. The summed E-state index contributed by atoms with van der Waals surface area (Å²) in [6.07, 6.45) is 1.93. The SMILES string of the molecule is CN1OC[C@H]2CO[C@H]([C@H]3O[C@@H]4CCC[C@@H]5ON=C([C@@H]54)[C@H]3O)[C@H]21. The van der Waals surface area contributed by atoms with E-state index in [1.165, 1.54) is 0 Å². The van der Waals surface area contributed by atoms with E-state index >= 15 is 0 Å². The largest absolute Gasteiger partial charge is 0.392 e. The van der Waals surface area contributed by atoms with E-state index in [9.17, 15) is 5.11 Å². The number of aliphatic hydroxyl groups excluding tert-OH is 1. The van der Waals surface area contributed by atoms with Crippen LogP contribution < -0.4 is 0 Å². The first kappa shape index (κ1) is 13.7. The van der Waals surface area contributed by atoms with E-state index in [-0.39, 0.29) is 36.4 Å². The van der Waals surface area contributed by atoms with E-state index < -0.39 is 6.10 Å². The summed E-state index contributed by atoms with van der Waals surface area (Å²) in [5, 5.41) is 16.8. The summed E-state index contributed by atoms with van der Waals surface area (Å²) in [4.78, 5) is 11.1. The number of nitrogens with zero attached hydrogens (tertiary/aromatic N) is 2. The molecule has 4 heterocycles. The van der Waals surface area contributed by atoms with Crippen LogP contribution >= 0.6 is 0 Å². The van der Waals surface area contributed by atoms with Gasteiger partial charge in [0.2, 0.25) is 0 Å². The van der Waals surface area contributed by atoms with Crippen molar-refractivity contribution in [3.8, 4) is 0 Å². The molecule has 0 radical (unpaired) electrons. The first-order valence-corrected chi connectivity index (χ1v) is 8.28. The second-order valence-electron chi connectivity index (χ2n) is 7.09. The third kappa shape index (κ3) is 1.77. The lowest BCUT2D eigenvalue weighted by atomic mass is 9.75. The van der Waals surface area contributed by atoms with Crippen molar-refractivity contribution in [2.45, 2.75) is 55.8 Å². The quantitative estimate of drug-likeness (QED) is 0.731. The second-order valence-corrected chi connectivity index (χ2v) is 7.09. The van der Waals surface area contributed by atoms with Crippen molar-refractivity contribution in [3.63, 3.8) is 0 Å². The smallest absolute Gasteiger partial charge is 0.138 e. The predicted octanol–water partition coefficient (Wildman–Crippen LogP) is -0.0698. The Kier molecular flexibility index (Phi) is 3.04. The second kappa shape index (κ2) is 4.88. The van der Waals surface area contributed by atoms with Crippen molar-refractivity contribution in [2.75, 3.05) is 20.3 Å². The minimum atomic E-state index is -0.748. The number of aliphatic hydroxyl groups is 1. The van der Waals surface area contributed by atoms with E-state index in [1.54, 1.807) is 0 Å². The number of hydrogen-bond donors (Lipinski definition) is 1. The Morgan fingerprint density at radius 1 is 1.18 bits per heavy atom. The molecule has 0 aromatic carbocycles. The summed E-state index contributed by atoms with van der Waals surface area (Å²) in [7, 11) is 1.93. The topological polar surface area (TPSA) is 72.8 Å². The summed E-state index contributed by atoms with van der Waals surface area (Å²) < 4.78 is 12.3. The fraction of sp³-hybridized carbons (Fsp3) is 0.933. The Bertz CT molecular complexity index is 500. The number of likely N-dealkylation sites (N-methyl/N-ethyl adjacent to an activating group) is 1. The minimum Gasteiger partial charge on any atom is -0.392 e. The van der Waals surface area contributed by atoms with E-state index in [0.717, 1.165) is 25.0 Å². The molecule has 0 aromatic rings. The Balaban J connectivity index is 1.43. The highest BCUT2D eigenvalue weighted by molar-refractivity contribution is 5.93. The number of fused-ring (bicyclic) bond motifs is 1. The van der Waals surface area contributed by atoms with E-state index in [0.29, 0.717) is 19.1 Å². The summed E-state index contributed by atoms with van der Waals surface area (Å²) >= 11 is 0. The summed E-state index contributed by atoms with van der Waals surface area (Å²) in [6, 6.07) is 0.138. The first-order chi connectivity index (χ1) is 10.7. The number of oxime groups is 1. The van der Waals surface area contributed by atoms with Gasteiger partial charge >= 0.3 is 0 Å². The molecule has 5 aliphatic rings. The summed E-state index contributed by atoms with van der Waals surface area (Å²) in [6.45, 7) is 1.34. The molecule has 4 aliphatic heterocycles. The molecule has 3 saturated heterocycles. The van der Waals surface area contributed by atoms with Crippen molar-refractivity contribution in [2.24, 2.45) is 17.0 Å². The molecule has 122 valence electrons. The van der Waals surface area contributed by atoms with Gasteiger partial charge in [-0.3, -0.25) is 4.84 Å². The maximum atomic E-state index is 10.8. The molecule has 4 fully saturated rings. The van der Waals surface area contributed by atoms with Crippen LogP contribution in [0.3, 0.4) is 0 Å². The number of hydroxylamine groups is 2. The van der Waals surface area contributed by atoms with Gasteiger partial charge in [-0.05, 0) is 19.3 Å². The molecular formula is C15H22N2O5. The third-order valence-corrected chi connectivity index (χ3v) is 5.92. The molecule has 0 unspecified atom stereocenters. The molecule has 1 saturated carbocycles. The van der Waals surface area contributed by atoms with Gasteiger partial charge in [0, 0.05) is 13.0 Å². The molecule has 22 heavy (non-hydrogen) atoms. The molecule has 8 atom stereocenters. The molecule has 7 nitrogen and oxygen atoms in total. The third-order valence-electron chi connectivity index (χ3n) is 5.92. The van der Waals surface area contributed by atoms with Crippen LogP contribution in [0.25, 0.3) is 0 Å². The first-order valence-electron chi connectivity index (χ1n) is 8.28. The molecule has 7 heteroatoms. The lowest BCUT2D eigenvalue weighted by Gasteiger charge is -2.44. The van der Waals surface area contributed by atoms with Gasteiger partial charge in [-0.1, -0.05) is 5.16 Å². The highest BCUT2D eigenvalue weighted by Crippen LogP contribution is 2.43. The fourth-order valence-electron chi connectivity index (χ4n) is 4.85. The monoisotopic (exact) mass is 310 g/mol. The average Bonchev–Trinajstić information content (AvgIpc) is 3.20. The fourth-order valence-corrected chi connectivity index (χ4v) is 4.85. The molecule has 5 rings (SSSR count). The zero-order valence-electron chi connectivity index (χ0n) is 12.6. The van der Waals surface area contributed by atoms with Crippen LogP contribution in [0.1, 0.15) is 19.3 Å². The number of ether oxygens (including phenoxy) is 2. The Labute approximate surface area is 129 Å². The summed E-state index contributed by atoms with van der Waals surface area (Å²) in [5.74, 6) is 0.471. The Morgan fingerprint density at radius 2 is 2.05 bits per heavy atom. The van der Waals surface area contributed by atoms with E-state index in [1.807, 2.05) is 12.1 Å². The zero-order chi connectivity index (χ0) is 14.8. The van der Waals surface area contributed by atoms with Crippen LogP contribution in [-0.4, -0.2) is 72.7 Å². The van der Waals surface area contributed by atoms with Crippen molar-refractivity contribution in [1.82, 2.24) is 5.06 Å². The standard InChI is InChI=1S/C15H22N2O5/c1-17-12-7(6-20-17)5-19-14(12)15-13(18)11-10-8(21-15)3-2-4-9(10)22-16-11/h7-10,12-15,18H,2-6H2,1H3/t7-,8-,9+,10-,12+,13-,14+,15+/m1/s1. The van der Waals surface area contributed by atoms with Gasteiger partial charge in [-0.15, -0.1) is 0 Å². The van der Waals surface area contributed by atoms with E-state index in [4.69, 9.17) is 19.1 Å². The van der Waals surface area contributed by atoms with Crippen molar-refractivity contribution in [3.05, 3.63) is 0 Å². The maximum absolute atomic E-state index is 10.8. The minimum absolute atomic E-state index is 0.0825. The molecule has 1 N–H and O–H groups in total. The van der Waals surface area contributed by atoms with Gasteiger partial charge in [-0.25, -0.2) is 0 Å². The highest BCUT2D eigenvalue weighted by Gasteiger charge is 2.57. The van der Waals surface area contributed by atoms with Crippen LogP contribution in [0.4, 0.5) is 0 Å². The highest BCUT2D eigenvalue weighted by atomic mass is 16.7. The van der Waals surface area contributed by atoms with Crippen LogP contribution in [0, 0.1) is 11.8 Å². The van der Waals surface area contributed by atoms with Gasteiger partial charge in [0.15, 0.2) is 0 Å². The predicted molar refractivity (Wildman–Crippen MR) is 75.0 cm³/mol. The molecule has 0 amide bonds. The van der Waals surface area contributed by atoms with Crippen LogP contribution in [-0.2, 0) is 19.1 Å².